The standard InChI is InChI=1S/C17H17Cl2N.CH4O3S/c1-20-17-9-7-12(13-4-2-3-5-14(13)17)11-6-8-15(18)16(19)10-11;1-5(2,3)4/h2-6,8,10,12,17,20H,7,9H2,1H3;1H3,(H,2,3,4)/t12-,17-;/m0./s1. The van der Waals surface area contributed by atoms with Crippen molar-refractivity contribution in [2.75, 3.05) is 13.3 Å². The average Bonchev–Trinajstić information content (AvgIpc) is 2.55. The maximum absolute atomic E-state index is 9.19. The smallest absolute Gasteiger partial charge is 0.261 e. The highest BCUT2D eigenvalue weighted by atomic mass is 35.5. The van der Waals surface area contributed by atoms with E-state index in [1.54, 1.807) is 0 Å². The van der Waals surface area contributed by atoms with E-state index in [0.717, 1.165) is 12.8 Å². The highest BCUT2D eigenvalue weighted by molar-refractivity contribution is 7.85. The first-order valence-corrected chi connectivity index (χ1v) is 10.4. The Hall–Kier alpha value is -1.11. The average molecular weight is 402 g/mol. The third kappa shape index (κ3) is 5.69. The molecule has 1 aliphatic rings. The summed E-state index contributed by atoms with van der Waals surface area (Å²) in [5, 5.41) is 4.66. The molecule has 4 nitrogen and oxygen atoms in total. The first kappa shape index (κ1) is 20.2. The molecule has 2 atom stereocenters. The molecule has 0 unspecified atom stereocenters. The van der Waals surface area contributed by atoms with Crippen LogP contribution in [0.5, 0.6) is 0 Å². The van der Waals surface area contributed by atoms with Crippen LogP contribution in [0, 0.1) is 0 Å². The van der Waals surface area contributed by atoms with Crippen LogP contribution in [0.15, 0.2) is 42.5 Å². The zero-order valence-corrected chi connectivity index (χ0v) is 16.4. The second kappa shape index (κ2) is 8.52. The summed E-state index contributed by atoms with van der Waals surface area (Å²) < 4.78 is 25.9. The molecule has 0 heterocycles. The van der Waals surface area contributed by atoms with E-state index >= 15 is 0 Å². The van der Waals surface area contributed by atoms with Gasteiger partial charge in [-0.2, -0.15) is 8.42 Å². The van der Waals surface area contributed by atoms with E-state index in [4.69, 9.17) is 27.8 Å². The van der Waals surface area contributed by atoms with Crippen molar-refractivity contribution in [3.05, 3.63) is 69.2 Å². The number of hydrogen-bond acceptors (Lipinski definition) is 3. The van der Waals surface area contributed by atoms with Gasteiger partial charge in [-0.25, -0.2) is 0 Å². The monoisotopic (exact) mass is 401 g/mol. The van der Waals surface area contributed by atoms with Crippen molar-refractivity contribution in [1.82, 2.24) is 5.32 Å². The van der Waals surface area contributed by atoms with Crippen molar-refractivity contribution in [3.63, 3.8) is 0 Å². The van der Waals surface area contributed by atoms with Crippen molar-refractivity contribution >= 4 is 33.3 Å². The fourth-order valence-corrected chi connectivity index (χ4v) is 3.47. The van der Waals surface area contributed by atoms with Crippen LogP contribution in [0.1, 0.15) is 41.5 Å². The molecule has 0 saturated carbocycles. The van der Waals surface area contributed by atoms with Crippen molar-refractivity contribution in [2.45, 2.75) is 24.8 Å². The third-order valence-electron chi connectivity index (χ3n) is 4.19. The lowest BCUT2D eigenvalue weighted by Crippen LogP contribution is -2.24. The van der Waals surface area contributed by atoms with Gasteiger partial charge in [0.15, 0.2) is 0 Å². The Morgan fingerprint density at radius 3 is 2.20 bits per heavy atom. The minimum atomic E-state index is -3.67. The van der Waals surface area contributed by atoms with E-state index in [0.29, 0.717) is 28.3 Å². The molecule has 136 valence electrons. The maximum atomic E-state index is 9.19. The van der Waals surface area contributed by atoms with Crippen molar-refractivity contribution in [1.29, 1.82) is 0 Å². The Bertz CT molecular complexity index is 832. The van der Waals surface area contributed by atoms with Gasteiger partial charge in [0.2, 0.25) is 0 Å². The van der Waals surface area contributed by atoms with Crippen LogP contribution in [-0.2, 0) is 10.1 Å². The summed E-state index contributed by atoms with van der Waals surface area (Å²) in [6.07, 6.45) is 2.98. The Morgan fingerprint density at radius 2 is 1.64 bits per heavy atom. The van der Waals surface area contributed by atoms with Gasteiger partial charge in [0.25, 0.3) is 10.1 Å². The molecule has 0 spiro atoms. The Labute approximate surface area is 158 Å². The zero-order chi connectivity index (χ0) is 18.6. The minimum Gasteiger partial charge on any atom is -0.313 e. The number of benzene rings is 2. The number of rotatable bonds is 2. The van der Waals surface area contributed by atoms with E-state index in [1.807, 2.05) is 19.2 Å². The van der Waals surface area contributed by atoms with Gasteiger partial charge in [-0.05, 0) is 48.7 Å². The van der Waals surface area contributed by atoms with Crippen LogP contribution in [0.3, 0.4) is 0 Å². The zero-order valence-electron chi connectivity index (χ0n) is 14.0. The van der Waals surface area contributed by atoms with Gasteiger partial charge in [-0.3, -0.25) is 4.55 Å². The summed E-state index contributed by atoms with van der Waals surface area (Å²) in [7, 11) is -1.64. The predicted molar refractivity (Wildman–Crippen MR) is 103 cm³/mol. The quantitative estimate of drug-likeness (QED) is 0.716. The van der Waals surface area contributed by atoms with Crippen LogP contribution in [0.4, 0.5) is 0 Å². The lowest BCUT2D eigenvalue weighted by molar-refractivity contribution is 0.471. The largest absolute Gasteiger partial charge is 0.313 e. The van der Waals surface area contributed by atoms with Gasteiger partial charge in [0.05, 0.1) is 16.3 Å². The van der Waals surface area contributed by atoms with E-state index in [2.05, 4.69) is 35.6 Å². The first-order valence-electron chi connectivity index (χ1n) is 7.84. The van der Waals surface area contributed by atoms with Gasteiger partial charge < -0.3 is 5.32 Å². The highest BCUT2D eigenvalue weighted by Gasteiger charge is 2.27. The number of nitrogens with one attached hydrogen (secondary N) is 1. The van der Waals surface area contributed by atoms with Crippen molar-refractivity contribution in [3.8, 4) is 0 Å². The molecule has 0 aliphatic heterocycles. The molecule has 0 aromatic heterocycles. The molecule has 7 heteroatoms. The predicted octanol–water partition coefficient (Wildman–Crippen LogP) is 4.68. The number of halogens is 2. The molecule has 0 amide bonds. The number of fused-ring (bicyclic) bond motifs is 1. The summed E-state index contributed by atoms with van der Waals surface area (Å²) in [5.74, 6) is 0.408. The fourth-order valence-electron chi connectivity index (χ4n) is 3.17. The fraction of sp³-hybridized carbons (Fsp3) is 0.333. The van der Waals surface area contributed by atoms with Gasteiger partial charge in [0.1, 0.15) is 0 Å². The van der Waals surface area contributed by atoms with E-state index < -0.39 is 10.1 Å². The normalized spacial score (nSPS) is 19.6. The minimum absolute atomic E-state index is 0.408. The second-order valence-electron chi connectivity index (χ2n) is 6.01. The summed E-state index contributed by atoms with van der Waals surface area (Å²) >= 11 is 12.2. The highest BCUT2D eigenvalue weighted by Crippen LogP contribution is 2.42. The van der Waals surface area contributed by atoms with E-state index in [1.165, 1.54) is 16.7 Å². The summed E-state index contributed by atoms with van der Waals surface area (Å²) in [6.45, 7) is 0. The molecule has 0 fully saturated rings. The van der Waals surface area contributed by atoms with E-state index in [-0.39, 0.29) is 0 Å². The lowest BCUT2D eigenvalue weighted by Gasteiger charge is -2.32. The molecule has 0 saturated heterocycles. The Kier molecular flexibility index (Phi) is 6.88. The van der Waals surface area contributed by atoms with E-state index in [9.17, 15) is 8.42 Å². The van der Waals surface area contributed by atoms with Crippen LogP contribution < -0.4 is 5.32 Å². The third-order valence-corrected chi connectivity index (χ3v) is 4.92. The molecular formula is C18H21Cl2NO3S. The first-order chi connectivity index (χ1) is 11.7. The van der Waals surface area contributed by atoms with Crippen molar-refractivity contribution in [2.24, 2.45) is 0 Å². The number of hydrogen-bond donors (Lipinski definition) is 2. The van der Waals surface area contributed by atoms with Gasteiger partial charge >= 0.3 is 0 Å². The van der Waals surface area contributed by atoms with Crippen LogP contribution in [0.2, 0.25) is 10.0 Å². The Morgan fingerprint density at radius 1 is 1.04 bits per heavy atom. The molecule has 2 aromatic carbocycles. The SMILES string of the molecule is CN[C@H]1CC[C@@H](c2ccc(Cl)c(Cl)c2)c2ccccc21.CS(=O)(=O)O. The summed E-state index contributed by atoms with van der Waals surface area (Å²) in [6, 6.07) is 15.1. The van der Waals surface area contributed by atoms with Crippen LogP contribution >= 0.6 is 23.2 Å². The molecule has 2 N–H and O–H groups in total. The van der Waals surface area contributed by atoms with Gasteiger partial charge in [-0.1, -0.05) is 53.5 Å². The molecule has 3 rings (SSSR count). The summed E-state index contributed by atoms with van der Waals surface area (Å²) in [5.41, 5.74) is 4.05. The van der Waals surface area contributed by atoms with Crippen LogP contribution in [0.25, 0.3) is 0 Å². The van der Waals surface area contributed by atoms with Crippen LogP contribution in [-0.4, -0.2) is 26.3 Å². The topological polar surface area (TPSA) is 66.4 Å². The summed E-state index contributed by atoms with van der Waals surface area (Å²) in [4.78, 5) is 0. The van der Waals surface area contributed by atoms with Gasteiger partial charge in [0, 0.05) is 12.0 Å². The second-order valence-corrected chi connectivity index (χ2v) is 8.29. The maximum Gasteiger partial charge on any atom is 0.261 e. The molecule has 0 radical (unpaired) electrons. The lowest BCUT2D eigenvalue weighted by atomic mass is 9.77. The molecule has 1 aliphatic carbocycles. The molecule has 0 bridgehead atoms. The van der Waals surface area contributed by atoms with Crippen molar-refractivity contribution < 1.29 is 13.0 Å². The molecule has 25 heavy (non-hydrogen) atoms. The molecular weight excluding hydrogens is 381 g/mol. The van der Waals surface area contributed by atoms with Gasteiger partial charge in [-0.15, -0.1) is 0 Å². The molecule has 2 aromatic rings. The Balaban J connectivity index is 0.000000399.